The Hall–Kier alpha value is -2.19. The lowest BCUT2D eigenvalue weighted by molar-refractivity contribution is -0.128. The lowest BCUT2D eigenvalue weighted by Gasteiger charge is -2.03. The highest BCUT2D eigenvalue weighted by atomic mass is 35.5. The summed E-state index contributed by atoms with van der Waals surface area (Å²) in [6.45, 7) is 0. The zero-order valence-electron chi connectivity index (χ0n) is 11.2. The second-order valence-corrected chi connectivity index (χ2v) is 6.22. The molecule has 0 aliphatic carbocycles. The highest BCUT2D eigenvalue weighted by Gasteiger charge is 2.32. The van der Waals surface area contributed by atoms with Crippen LogP contribution < -0.4 is 16.2 Å². The van der Waals surface area contributed by atoms with Gasteiger partial charge in [-0.05, 0) is 24.6 Å². The van der Waals surface area contributed by atoms with Crippen molar-refractivity contribution >= 4 is 56.0 Å². The van der Waals surface area contributed by atoms with E-state index < -0.39 is 17.7 Å². The summed E-state index contributed by atoms with van der Waals surface area (Å²) in [4.78, 5) is 38.9. The molecule has 2 heterocycles. The molecule has 22 heavy (non-hydrogen) atoms. The Morgan fingerprint density at radius 1 is 1.32 bits per heavy atom. The fraction of sp³-hybridized carbons (Fsp3) is 0.231. The van der Waals surface area contributed by atoms with E-state index in [0.717, 1.165) is 10.2 Å². The van der Waals surface area contributed by atoms with Crippen molar-refractivity contribution in [2.45, 2.75) is 12.8 Å². The van der Waals surface area contributed by atoms with Crippen molar-refractivity contribution in [3.8, 4) is 0 Å². The Kier molecular flexibility index (Phi) is 3.95. The monoisotopic (exact) mass is 338 g/mol. The number of halogens is 1. The first-order valence-corrected chi connectivity index (χ1v) is 7.68. The van der Waals surface area contributed by atoms with Gasteiger partial charge in [0.15, 0.2) is 5.13 Å². The Morgan fingerprint density at radius 2 is 2.05 bits per heavy atom. The van der Waals surface area contributed by atoms with Crippen LogP contribution in [0.25, 0.3) is 10.2 Å². The van der Waals surface area contributed by atoms with Gasteiger partial charge in [-0.2, -0.15) is 0 Å². The molecule has 0 atom stereocenters. The van der Waals surface area contributed by atoms with Gasteiger partial charge >= 0.3 is 0 Å². The molecule has 3 rings (SSSR count). The van der Waals surface area contributed by atoms with Crippen molar-refractivity contribution in [3.63, 3.8) is 0 Å². The molecule has 0 radical (unpaired) electrons. The number of hydrazine groups is 1. The van der Waals surface area contributed by atoms with Crippen molar-refractivity contribution in [1.29, 1.82) is 0 Å². The predicted molar refractivity (Wildman–Crippen MR) is 82.3 cm³/mol. The van der Waals surface area contributed by atoms with E-state index in [1.54, 1.807) is 18.2 Å². The Bertz CT molecular complexity index is 760. The van der Waals surface area contributed by atoms with Gasteiger partial charge < -0.3 is 5.32 Å². The molecule has 3 amide bonds. The number of hydrogen-bond acceptors (Lipinski definition) is 5. The standard InChI is InChI=1S/C13H11ClN4O3S/c14-6-1-3-8-9(5-6)22-13(15-8)16-10(19)4-2-7-11(20)17-18-12(7)21/h1,3,5,7H,2,4H2,(H,17,20)(H,18,21)(H,15,16,19). The van der Waals surface area contributed by atoms with Gasteiger partial charge in [0, 0.05) is 11.4 Å². The van der Waals surface area contributed by atoms with Gasteiger partial charge in [0.05, 0.1) is 10.2 Å². The van der Waals surface area contributed by atoms with E-state index in [2.05, 4.69) is 21.2 Å². The van der Waals surface area contributed by atoms with E-state index in [-0.39, 0.29) is 18.7 Å². The maximum atomic E-state index is 11.9. The van der Waals surface area contributed by atoms with E-state index in [1.807, 2.05) is 0 Å². The summed E-state index contributed by atoms with van der Waals surface area (Å²) in [7, 11) is 0. The maximum Gasteiger partial charge on any atom is 0.251 e. The average molecular weight is 339 g/mol. The van der Waals surface area contributed by atoms with E-state index in [0.29, 0.717) is 10.2 Å². The molecule has 1 aromatic heterocycles. The second kappa shape index (κ2) is 5.90. The largest absolute Gasteiger partial charge is 0.302 e. The molecule has 1 aliphatic rings. The maximum absolute atomic E-state index is 11.9. The number of amides is 3. The predicted octanol–water partition coefficient (Wildman–Crippen LogP) is 1.45. The topological polar surface area (TPSA) is 100 Å². The highest BCUT2D eigenvalue weighted by molar-refractivity contribution is 7.22. The molecule has 7 nitrogen and oxygen atoms in total. The lowest BCUT2D eigenvalue weighted by Crippen LogP contribution is -2.28. The van der Waals surface area contributed by atoms with Gasteiger partial charge in [-0.15, -0.1) is 0 Å². The van der Waals surface area contributed by atoms with Crippen LogP contribution in [0.4, 0.5) is 5.13 Å². The molecule has 1 aromatic carbocycles. The van der Waals surface area contributed by atoms with Crippen LogP contribution in [0.5, 0.6) is 0 Å². The number of anilines is 1. The number of hydrogen-bond donors (Lipinski definition) is 3. The molecule has 0 unspecified atom stereocenters. The minimum absolute atomic E-state index is 0.0577. The summed E-state index contributed by atoms with van der Waals surface area (Å²) < 4.78 is 0.873. The summed E-state index contributed by atoms with van der Waals surface area (Å²) in [6, 6.07) is 5.28. The summed E-state index contributed by atoms with van der Waals surface area (Å²) >= 11 is 7.21. The van der Waals surface area contributed by atoms with Crippen LogP contribution in [0, 0.1) is 5.92 Å². The summed E-state index contributed by atoms with van der Waals surface area (Å²) in [5.41, 5.74) is 5.20. The van der Waals surface area contributed by atoms with Crippen molar-refractivity contribution in [3.05, 3.63) is 23.2 Å². The van der Waals surface area contributed by atoms with Crippen LogP contribution in [0.3, 0.4) is 0 Å². The number of nitrogens with zero attached hydrogens (tertiary/aromatic N) is 1. The molecular weight excluding hydrogens is 328 g/mol. The molecule has 1 aliphatic heterocycles. The smallest absolute Gasteiger partial charge is 0.251 e. The van der Waals surface area contributed by atoms with Gasteiger partial charge in [-0.25, -0.2) is 4.98 Å². The van der Waals surface area contributed by atoms with Gasteiger partial charge in [-0.3, -0.25) is 25.2 Å². The minimum atomic E-state index is -0.820. The first-order valence-electron chi connectivity index (χ1n) is 6.48. The zero-order chi connectivity index (χ0) is 15.7. The second-order valence-electron chi connectivity index (χ2n) is 4.75. The third-order valence-electron chi connectivity index (χ3n) is 3.20. The quantitative estimate of drug-likeness (QED) is 0.734. The summed E-state index contributed by atoms with van der Waals surface area (Å²) in [6.07, 6.45) is 0.211. The highest BCUT2D eigenvalue weighted by Crippen LogP contribution is 2.28. The fourth-order valence-corrected chi connectivity index (χ4v) is 3.25. The lowest BCUT2D eigenvalue weighted by atomic mass is 10.0. The first kappa shape index (κ1) is 14.7. The van der Waals surface area contributed by atoms with Crippen molar-refractivity contribution < 1.29 is 14.4 Å². The molecule has 3 N–H and O–H groups in total. The van der Waals surface area contributed by atoms with Gasteiger partial charge in [0.2, 0.25) is 5.91 Å². The van der Waals surface area contributed by atoms with Crippen LogP contribution in [-0.2, 0) is 14.4 Å². The number of rotatable bonds is 4. The van der Waals surface area contributed by atoms with Gasteiger partial charge in [-0.1, -0.05) is 22.9 Å². The Morgan fingerprint density at radius 3 is 2.77 bits per heavy atom. The van der Waals surface area contributed by atoms with Crippen LogP contribution in [-0.4, -0.2) is 22.7 Å². The van der Waals surface area contributed by atoms with E-state index in [9.17, 15) is 14.4 Å². The molecule has 1 fully saturated rings. The van der Waals surface area contributed by atoms with Crippen molar-refractivity contribution in [2.75, 3.05) is 5.32 Å². The van der Waals surface area contributed by atoms with E-state index >= 15 is 0 Å². The van der Waals surface area contributed by atoms with Crippen LogP contribution in [0.1, 0.15) is 12.8 Å². The van der Waals surface area contributed by atoms with Crippen LogP contribution in [0.15, 0.2) is 18.2 Å². The number of carbonyl (C=O) groups excluding carboxylic acids is 3. The average Bonchev–Trinajstić information content (AvgIpc) is 3.00. The van der Waals surface area contributed by atoms with Gasteiger partial charge in [0.25, 0.3) is 11.8 Å². The van der Waals surface area contributed by atoms with Gasteiger partial charge in [0.1, 0.15) is 5.92 Å². The number of nitrogens with one attached hydrogen (secondary N) is 3. The molecule has 2 aromatic rings. The minimum Gasteiger partial charge on any atom is -0.302 e. The number of aromatic nitrogens is 1. The van der Waals surface area contributed by atoms with Crippen molar-refractivity contribution in [2.24, 2.45) is 5.92 Å². The third kappa shape index (κ3) is 3.02. The number of carbonyl (C=O) groups is 3. The van der Waals surface area contributed by atoms with Crippen molar-refractivity contribution in [1.82, 2.24) is 15.8 Å². The summed E-state index contributed by atoms with van der Waals surface area (Å²) in [5.74, 6) is -1.93. The molecule has 1 saturated heterocycles. The first-order chi connectivity index (χ1) is 10.5. The molecular formula is C13H11ClN4O3S. The molecule has 9 heteroatoms. The van der Waals surface area contributed by atoms with Crippen LogP contribution in [0.2, 0.25) is 5.02 Å². The zero-order valence-corrected chi connectivity index (χ0v) is 12.8. The molecule has 0 spiro atoms. The number of thiazole rings is 1. The SMILES string of the molecule is O=C(CCC1C(=O)NNC1=O)Nc1nc2ccc(Cl)cc2s1. The van der Waals surface area contributed by atoms with E-state index in [1.165, 1.54) is 11.3 Å². The normalized spacial score (nSPS) is 15.0. The third-order valence-corrected chi connectivity index (χ3v) is 4.37. The Labute approximate surface area is 134 Å². The molecule has 0 saturated carbocycles. The summed E-state index contributed by atoms with van der Waals surface area (Å²) in [5, 5.41) is 3.73. The van der Waals surface area contributed by atoms with E-state index in [4.69, 9.17) is 11.6 Å². The molecule has 0 bridgehead atoms. The number of benzene rings is 1. The Balaban J connectivity index is 1.61. The number of fused-ring (bicyclic) bond motifs is 1. The fourth-order valence-electron chi connectivity index (χ4n) is 2.09. The molecule has 114 valence electrons. The van der Waals surface area contributed by atoms with Crippen LogP contribution >= 0.6 is 22.9 Å².